The van der Waals surface area contributed by atoms with Crippen LogP contribution < -0.4 is 5.32 Å². The molecule has 64 valence electrons. The van der Waals surface area contributed by atoms with Crippen LogP contribution in [0.3, 0.4) is 0 Å². The molecule has 0 aliphatic carbocycles. The van der Waals surface area contributed by atoms with Gasteiger partial charge in [0.1, 0.15) is 0 Å². The first-order chi connectivity index (χ1) is 5.02. The number of rotatable bonds is 4. The van der Waals surface area contributed by atoms with Gasteiger partial charge >= 0.3 is 0 Å². The molecule has 5 nitrogen and oxygen atoms in total. The van der Waals surface area contributed by atoms with Gasteiger partial charge in [-0.25, -0.2) is 0 Å². The summed E-state index contributed by atoms with van der Waals surface area (Å²) in [5.74, 6) is -3.05. The van der Waals surface area contributed by atoms with Crippen molar-refractivity contribution in [3.05, 3.63) is 12.7 Å². The Hall–Kier alpha value is -0.910. The molecular weight excluding hydrogens is 150 g/mol. The predicted molar refractivity (Wildman–Crippen MR) is 37.2 cm³/mol. The summed E-state index contributed by atoms with van der Waals surface area (Å²) in [6, 6.07) is 0. The van der Waals surface area contributed by atoms with Crippen LogP contribution in [0, 0.1) is 0 Å². The maximum Gasteiger partial charge on any atom is 0.248 e. The third-order valence-electron chi connectivity index (χ3n) is 0.969. The Kier molecular flexibility index (Phi) is 3.73. The van der Waals surface area contributed by atoms with Crippen LogP contribution in [0.15, 0.2) is 12.7 Å². The lowest BCUT2D eigenvalue weighted by Gasteiger charge is -2.20. The van der Waals surface area contributed by atoms with Gasteiger partial charge in [0.25, 0.3) is 0 Å². The zero-order valence-corrected chi connectivity index (χ0v) is 5.95. The standard InChI is InChI=1S/C6H11NO4/c1-2-5(9)7-6(10,11)3-4-8/h2,8,10-11H,1,3-4H2,(H,7,9). The van der Waals surface area contributed by atoms with Gasteiger partial charge in [-0.1, -0.05) is 6.58 Å². The lowest BCUT2D eigenvalue weighted by molar-refractivity contribution is -0.195. The van der Waals surface area contributed by atoms with E-state index in [1.54, 1.807) is 5.32 Å². The average molecular weight is 161 g/mol. The minimum atomic E-state index is -2.35. The molecule has 0 atom stereocenters. The molecule has 0 bridgehead atoms. The maximum atomic E-state index is 10.5. The van der Waals surface area contributed by atoms with Crippen LogP contribution in [-0.2, 0) is 4.79 Å². The van der Waals surface area contributed by atoms with Gasteiger partial charge in [0.2, 0.25) is 11.8 Å². The number of nitrogens with one attached hydrogen (secondary N) is 1. The van der Waals surface area contributed by atoms with Crippen molar-refractivity contribution in [2.24, 2.45) is 0 Å². The normalized spacial score (nSPS) is 10.8. The van der Waals surface area contributed by atoms with Crippen molar-refractivity contribution in [1.82, 2.24) is 5.32 Å². The van der Waals surface area contributed by atoms with E-state index in [1.807, 2.05) is 0 Å². The number of hydrogen-bond acceptors (Lipinski definition) is 4. The van der Waals surface area contributed by atoms with Crippen molar-refractivity contribution in [3.8, 4) is 0 Å². The van der Waals surface area contributed by atoms with Crippen LogP contribution in [0.4, 0.5) is 0 Å². The van der Waals surface area contributed by atoms with Crippen molar-refractivity contribution in [3.63, 3.8) is 0 Å². The van der Waals surface area contributed by atoms with Crippen LogP contribution in [0.5, 0.6) is 0 Å². The molecule has 0 radical (unpaired) electrons. The summed E-state index contributed by atoms with van der Waals surface area (Å²) in [6.45, 7) is 2.68. The Labute approximate surface area is 64.0 Å². The minimum Gasteiger partial charge on any atom is -0.396 e. The summed E-state index contributed by atoms with van der Waals surface area (Å²) in [5.41, 5.74) is 0. The van der Waals surface area contributed by atoms with E-state index in [4.69, 9.17) is 15.3 Å². The monoisotopic (exact) mass is 161 g/mol. The second-order valence-corrected chi connectivity index (χ2v) is 1.98. The summed E-state index contributed by atoms with van der Waals surface area (Å²) in [7, 11) is 0. The molecule has 0 heterocycles. The molecule has 0 aliphatic heterocycles. The van der Waals surface area contributed by atoms with Crippen LogP contribution in [0.2, 0.25) is 0 Å². The predicted octanol–water partition coefficient (Wildman–Crippen LogP) is -1.69. The summed E-state index contributed by atoms with van der Waals surface area (Å²) < 4.78 is 0. The van der Waals surface area contributed by atoms with Crippen LogP contribution >= 0.6 is 0 Å². The number of carbonyl (C=O) groups is 1. The molecule has 4 N–H and O–H groups in total. The first-order valence-electron chi connectivity index (χ1n) is 3.02. The largest absolute Gasteiger partial charge is 0.396 e. The molecule has 0 saturated heterocycles. The van der Waals surface area contributed by atoms with Crippen LogP contribution in [0.1, 0.15) is 6.42 Å². The van der Waals surface area contributed by atoms with E-state index in [0.717, 1.165) is 6.08 Å². The molecule has 0 aromatic heterocycles. The van der Waals surface area contributed by atoms with Gasteiger partial charge in [-0.3, -0.25) is 4.79 Å². The highest BCUT2D eigenvalue weighted by molar-refractivity contribution is 5.87. The Morgan fingerprint density at radius 2 is 2.18 bits per heavy atom. The summed E-state index contributed by atoms with van der Waals surface area (Å²) in [5, 5.41) is 27.8. The van der Waals surface area contributed by atoms with Gasteiger partial charge in [-0.15, -0.1) is 0 Å². The minimum absolute atomic E-state index is 0.341. The Balaban J connectivity index is 3.89. The van der Waals surface area contributed by atoms with Gasteiger partial charge < -0.3 is 20.6 Å². The van der Waals surface area contributed by atoms with Gasteiger partial charge in [0.15, 0.2) is 0 Å². The molecule has 0 aromatic carbocycles. The molecule has 0 unspecified atom stereocenters. The van der Waals surface area contributed by atoms with Gasteiger partial charge in [0.05, 0.1) is 6.61 Å². The molecule has 0 aliphatic rings. The fourth-order valence-corrected chi connectivity index (χ4v) is 0.467. The number of amides is 1. The lowest BCUT2D eigenvalue weighted by Crippen LogP contribution is -2.48. The third-order valence-corrected chi connectivity index (χ3v) is 0.969. The Morgan fingerprint density at radius 3 is 2.55 bits per heavy atom. The van der Waals surface area contributed by atoms with E-state index in [-0.39, 0.29) is 6.42 Å². The molecule has 5 heteroatoms. The van der Waals surface area contributed by atoms with Crippen molar-refractivity contribution in [1.29, 1.82) is 0 Å². The van der Waals surface area contributed by atoms with Gasteiger partial charge in [-0.05, 0) is 6.08 Å². The van der Waals surface area contributed by atoms with E-state index in [9.17, 15) is 4.79 Å². The highest BCUT2D eigenvalue weighted by Gasteiger charge is 2.23. The highest BCUT2D eigenvalue weighted by Crippen LogP contribution is 1.98. The topological polar surface area (TPSA) is 89.8 Å². The fraction of sp³-hybridized carbons (Fsp3) is 0.500. The zero-order chi connectivity index (χ0) is 8.91. The fourth-order valence-electron chi connectivity index (χ4n) is 0.467. The molecule has 1 amide bonds. The number of carbonyl (C=O) groups excluding carboxylic acids is 1. The van der Waals surface area contributed by atoms with E-state index < -0.39 is 18.4 Å². The summed E-state index contributed by atoms with van der Waals surface area (Å²) >= 11 is 0. The van der Waals surface area contributed by atoms with Crippen molar-refractivity contribution < 1.29 is 20.1 Å². The molecule has 0 aromatic rings. The van der Waals surface area contributed by atoms with Crippen LogP contribution in [-0.4, -0.2) is 33.7 Å². The third kappa shape index (κ3) is 4.49. The molecule has 0 spiro atoms. The SMILES string of the molecule is C=CC(=O)NC(O)(O)CCO. The second kappa shape index (κ2) is 4.07. The Morgan fingerprint density at radius 1 is 1.64 bits per heavy atom. The zero-order valence-electron chi connectivity index (χ0n) is 5.95. The molecule has 0 rings (SSSR count). The van der Waals surface area contributed by atoms with Crippen LogP contribution in [0.25, 0.3) is 0 Å². The van der Waals surface area contributed by atoms with E-state index in [0.29, 0.717) is 0 Å². The second-order valence-electron chi connectivity index (χ2n) is 1.98. The van der Waals surface area contributed by atoms with E-state index >= 15 is 0 Å². The van der Waals surface area contributed by atoms with Crippen molar-refractivity contribution >= 4 is 5.91 Å². The first-order valence-corrected chi connectivity index (χ1v) is 3.02. The maximum absolute atomic E-state index is 10.5. The van der Waals surface area contributed by atoms with Crippen molar-refractivity contribution in [2.75, 3.05) is 6.61 Å². The molecular formula is C6H11NO4. The van der Waals surface area contributed by atoms with E-state index in [2.05, 4.69) is 6.58 Å². The molecule has 0 fully saturated rings. The van der Waals surface area contributed by atoms with Crippen molar-refractivity contribution in [2.45, 2.75) is 12.3 Å². The molecule has 0 saturated carbocycles. The summed E-state index contributed by atoms with van der Waals surface area (Å²) in [4.78, 5) is 10.5. The number of aliphatic hydroxyl groups excluding tert-OH is 1. The first kappa shape index (κ1) is 10.1. The quantitative estimate of drug-likeness (QED) is 0.292. The number of aliphatic hydroxyl groups is 3. The number of hydrogen-bond donors (Lipinski definition) is 4. The van der Waals surface area contributed by atoms with Gasteiger partial charge in [-0.2, -0.15) is 0 Å². The Bertz CT molecular complexity index is 155. The molecule has 11 heavy (non-hydrogen) atoms. The van der Waals surface area contributed by atoms with E-state index in [1.165, 1.54) is 0 Å². The highest BCUT2D eigenvalue weighted by atomic mass is 16.5. The summed E-state index contributed by atoms with van der Waals surface area (Å²) in [6.07, 6.45) is 0.561. The van der Waals surface area contributed by atoms with Gasteiger partial charge in [0, 0.05) is 6.42 Å². The average Bonchev–Trinajstić information content (AvgIpc) is 1.86. The smallest absolute Gasteiger partial charge is 0.248 e. The lowest BCUT2D eigenvalue weighted by atomic mass is 10.3.